The number of phenols is 1. The molecule has 3 aromatic carbocycles. The van der Waals surface area contributed by atoms with Crippen LogP contribution >= 0.6 is 0 Å². The topological polar surface area (TPSA) is 76.7 Å². The first-order valence-corrected chi connectivity index (χ1v) is 8.44. The third-order valence-corrected chi connectivity index (χ3v) is 4.38. The molecular weight excluding hydrogens is 344 g/mol. The van der Waals surface area contributed by atoms with Crippen LogP contribution in [0.25, 0.3) is 21.9 Å². The smallest absolute Gasteiger partial charge is 0.204 e. The Balaban J connectivity index is 1.66. The summed E-state index contributed by atoms with van der Waals surface area (Å²) in [4.78, 5) is 24.8. The minimum Gasteiger partial charge on any atom is -0.507 e. The van der Waals surface area contributed by atoms with Crippen molar-refractivity contribution < 1.29 is 19.1 Å². The van der Waals surface area contributed by atoms with E-state index in [2.05, 4.69) is 0 Å². The van der Waals surface area contributed by atoms with Crippen molar-refractivity contribution in [3.8, 4) is 11.5 Å². The molecule has 134 valence electrons. The van der Waals surface area contributed by atoms with Gasteiger partial charge in [0.05, 0.1) is 5.39 Å². The molecule has 27 heavy (non-hydrogen) atoms. The van der Waals surface area contributed by atoms with Crippen molar-refractivity contribution in [3.05, 3.63) is 82.0 Å². The molecule has 0 fully saturated rings. The van der Waals surface area contributed by atoms with Gasteiger partial charge < -0.3 is 14.3 Å². The molecule has 1 aromatic heterocycles. The molecule has 0 atom stereocenters. The molecule has 0 aliphatic heterocycles. The predicted molar refractivity (Wildman–Crippen MR) is 103 cm³/mol. The first-order chi connectivity index (χ1) is 13.0. The zero-order chi connectivity index (χ0) is 19.0. The Kier molecular flexibility index (Phi) is 4.12. The third kappa shape index (κ3) is 3.15. The van der Waals surface area contributed by atoms with Gasteiger partial charge in [-0.1, -0.05) is 42.0 Å². The lowest BCUT2D eigenvalue weighted by Gasteiger charge is -2.09. The molecular formula is C22H16O5. The number of ether oxygens (including phenoxy) is 1. The quantitative estimate of drug-likeness (QED) is 0.435. The molecule has 0 aliphatic carbocycles. The number of para-hydroxylation sites is 1. The molecule has 5 heteroatoms. The lowest BCUT2D eigenvalue weighted by atomic mass is 10.1. The number of Topliss-reactive ketones (excluding diaryl/α,β-unsaturated/α-hetero) is 1. The van der Waals surface area contributed by atoms with Crippen LogP contribution in [0.3, 0.4) is 0 Å². The summed E-state index contributed by atoms with van der Waals surface area (Å²) in [6.45, 7) is 1.76. The Bertz CT molecular complexity index is 1220. The highest BCUT2D eigenvalue weighted by Crippen LogP contribution is 2.30. The molecule has 0 saturated carbocycles. The van der Waals surface area contributed by atoms with E-state index < -0.39 is 0 Å². The molecule has 4 rings (SSSR count). The van der Waals surface area contributed by atoms with E-state index in [9.17, 15) is 14.7 Å². The number of rotatable bonds is 4. The second-order valence-corrected chi connectivity index (χ2v) is 6.32. The maximum absolute atomic E-state index is 12.6. The van der Waals surface area contributed by atoms with E-state index in [4.69, 9.17) is 9.15 Å². The average molecular weight is 360 g/mol. The predicted octanol–water partition coefficient (Wildman–Crippen LogP) is 4.22. The fraction of sp³-hybridized carbons (Fsp3) is 0.0909. The molecule has 0 unspecified atom stereocenters. The highest BCUT2D eigenvalue weighted by atomic mass is 16.5. The minimum atomic E-state index is -0.313. The molecule has 0 bridgehead atoms. The highest BCUT2D eigenvalue weighted by Gasteiger charge is 2.14. The van der Waals surface area contributed by atoms with Gasteiger partial charge in [0.1, 0.15) is 28.1 Å². The molecule has 0 saturated heterocycles. The van der Waals surface area contributed by atoms with Gasteiger partial charge in [-0.3, -0.25) is 9.59 Å². The van der Waals surface area contributed by atoms with Crippen molar-refractivity contribution in [2.75, 3.05) is 6.61 Å². The van der Waals surface area contributed by atoms with Gasteiger partial charge in [-0.05, 0) is 19.1 Å². The van der Waals surface area contributed by atoms with Gasteiger partial charge in [0.2, 0.25) is 5.43 Å². The molecule has 0 amide bonds. The highest BCUT2D eigenvalue weighted by molar-refractivity contribution is 5.97. The first-order valence-electron chi connectivity index (χ1n) is 8.44. The van der Waals surface area contributed by atoms with Crippen LogP contribution in [-0.4, -0.2) is 17.5 Å². The molecule has 0 aliphatic rings. The summed E-state index contributed by atoms with van der Waals surface area (Å²) in [7, 11) is 0. The SMILES string of the molecule is Cc1ccc(C(=O)COc2cc(O)c3c(=O)c4ccccc4oc3c2)cc1. The second kappa shape index (κ2) is 6.61. The Morgan fingerprint density at radius 2 is 1.78 bits per heavy atom. The summed E-state index contributed by atoms with van der Waals surface area (Å²) in [6.07, 6.45) is 0. The van der Waals surface area contributed by atoms with Crippen LogP contribution in [0.2, 0.25) is 0 Å². The molecule has 1 heterocycles. The molecule has 0 radical (unpaired) electrons. The lowest BCUT2D eigenvalue weighted by Crippen LogP contribution is -2.11. The van der Waals surface area contributed by atoms with Crippen LogP contribution in [0.1, 0.15) is 15.9 Å². The molecule has 1 N–H and O–H groups in total. The third-order valence-electron chi connectivity index (χ3n) is 4.38. The van der Waals surface area contributed by atoms with Gasteiger partial charge in [0.25, 0.3) is 0 Å². The summed E-state index contributed by atoms with van der Waals surface area (Å²) in [5, 5.41) is 10.8. The summed E-state index contributed by atoms with van der Waals surface area (Å²) >= 11 is 0. The van der Waals surface area contributed by atoms with Gasteiger partial charge in [0.15, 0.2) is 12.4 Å². The van der Waals surface area contributed by atoms with Crippen molar-refractivity contribution in [1.82, 2.24) is 0 Å². The van der Waals surface area contributed by atoms with Crippen molar-refractivity contribution in [2.45, 2.75) is 6.92 Å². The average Bonchev–Trinajstić information content (AvgIpc) is 2.66. The fourth-order valence-electron chi connectivity index (χ4n) is 2.94. The van der Waals surface area contributed by atoms with E-state index in [-0.39, 0.29) is 40.3 Å². The van der Waals surface area contributed by atoms with Crippen LogP contribution < -0.4 is 10.2 Å². The van der Waals surface area contributed by atoms with Gasteiger partial charge in [-0.25, -0.2) is 0 Å². The monoisotopic (exact) mass is 360 g/mol. The summed E-state index contributed by atoms with van der Waals surface area (Å²) in [6, 6.07) is 16.8. The number of hydrogen-bond acceptors (Lipinski definition) is 5. The van der Waals surface area contributed by atoms with Crippen molar-refractivity contribution >= 4 is 27.7 Å². The van der Waals surface area contributed by atoms with E-state index in [1.165, 1.54) is 12.1 Å². The minimum absolute atomic E-state index is 0.0888. The molecule has 4 aromatic rings. The number of phenolic OH excluding ortho intramolecular Hbond substituents is 1. The van der Waals surface area contributed by atoms with Crippen LogP contribution in [0, 0.1) is 6.92 Å². The van der Waals surface area contributed by atoms with Crippen molar-refractivity contribution in [1.29, 1.82) is 0 Å². The second-order valence-electron chi connectivity index (χ2n) is 6.32. The van der Waals surface area contributed by atoms with Gasteiger partial charge in [0, 0.05) is 17.7 Å². The maximum Gasteiger partial charge on any atom is 0.204 e. The summed E-state index contributed by atoms with van der Waals surface area (Å²) in [5.74, 6) is -0.182. The Morgan fingerprint density at radius 3 is 2.56 bits per heavy atom. The van der Waals surface area contributed by atoms with E-state index >= 15 is 0 Å². The summed E-state index contributed by atoms with van der Waals surface area (Å²) < 4.78 is 11.2. The normalized spacial score (nSPS) is 11.0. The fourth-order valence-corrected chi connectivity index (χ4v) is 2.94. The number of hydrogen-bond donors (Lipinski definition) is 1. The number of carbonyl (C=O) groups is 1. The number of aromatic hydroxyl groups is 1. The van der Waals surface area contributed by atoms with Crippen LogP contribution in [0.15, 0.2) is 69.9 Å². The number of aryl methyl sites for hydroxylation is 1. The number of benzene rings is 3. The lowest BCUT2D eigenvalue weighted by molar-refractivity contribution is 0.0921. The largest absolute Gasteiger partial charge is 0.507 e. The Hall–Kier alpha value is -3.60. The van der Waals surface area contributed by atoms with Crippen molar-refractivity contribution in [2.24, 2.45) is 0 Å². The van der Waals surface area contributed by atoms with Crippen molar-refractivity contribution in [3.63, 3.8) is 0 Å². The van der Waals surface area contributed by atoms with Gasteiger partial charge in [-0.15, -0.1) is 0 Å². The van der Waals surface area contributed by atoms with E-state index in [0.717, 1.165) is 5.56 Å². The number of ketones is 1. The molecule has 0 spiro atoms. The first kappa shape index (κ1) is 16.8. The van der Waals surface area contributed by atoms with Crippen LogP contribution in [0.4, 0.5) is 0 Å². The van der Waals surface area contributed by atoms with Gasteiger partial charge in [-0.2, -0.15) is 0 Å². The van der Waals surface area contributed by atoms with Crippen LogP contribution in [-0.2, 0) is 0 Å². The molecule has 5 nitrogen and oxygen atoms in total. The zero-order valence-electron chi connectivity index (χ0n) is 14.6. The summed E-state index contributed by atoms with van der Waals surface area (Å²) in [5.41, 5.74) is 1.92. The maximum atomic E-state index is 12.6. The van der Waals surface area contributed by atoms with Gasteiger partial charge >= 0.3 is 0 Å². The van der Waals surface area contributed by atoms with Crippen LogP contribution in [0.5, 0.6) is 11.5 Å². The van der Waals surface area contributed by atoms with E-state index in [1.807, 2.05) is 19.1 Å². The zero-order valence-corrected chi connectivity index (χ0v) is 14.6. The number of carbonyl (C=O) groups excluding carboxylic acids is 1. The Labute approximate surface area is 154 Å². The number of fused-ring (bicyclic) bond motifs is 2. The standard InChI is InChI=1S/C22H16O5/c1-13-6-8-14(9-7-13)18(24)12-26-15-10-17(23)21-20(11-15)27-19-5-3-2-4-16(19)22(21)25/h2-11,23H,12H2,1H3. The van der Waals surface area contributed by atoms with E-state index in [0.29, 0.717) is 16.5 Å². The van der Waals surface area contributed by atoms with E-state index in [1.54, 1.807) is 36.4 Å². The Morgan fingerprint density at radius 1 is 1.04 bits per heavy atom.